The monoisotopic (exact) mass is 174 g/mol. The quantitative estimate of drug-likeness (QED) is 0.357. The Hall–Kier alpha value is -0.910. The van der Waals surface area contributed by atoms with Gasteiger partial charge in [0.1, 0.15) is 18.1 Å². The molecule has 1 aliphatic rings. The van der Waals surface area contributed by atoms with Gasteiger partial charge < -0.3 is 20.4 Å². The molecule has 1 aliphatic carbocycles. The summed E-state index contributed by atoms with van der Waals surface area (Å²) in [7, 11) is 0. The van der Waals surface area contributed by atoms with E-state index >= 15 is 0 Å². The van der Waals surface area contributed by atoms with E-state index in [0.717, 1.165) is 6.08 Å². The van der Waals surface area contributed by atoms with Gasteiger partial charge in [-0.1, -0.05) is 12.2 Å². The van der Waals surface area contributed by atoms with Crippen molar-refractivity contribution >= 4 is 5.97 Å². The van der Waals surface area contributed by atoms with Crippen molar-refractivity contribution in [1.29, 1.82) is 0 Å². The maximum absolute atomic E-state index is 10.4. The predicted molar refractivity (Wildman–Crippen MR) is 38.3 cm³/mol. The van der Waals surface area contributed by atoms with Gasteiger partial charge in [-0.3, -0.25) is 4.79 Å². The SMILES string of the molecule is O=C(O)[C@H]1C=C[C@H](O)[C@@H](O)[C@@H]1O. The van der Waals surface area contributed by atoms with Gasteiger partial charge in [0.25, 0.3) is 0 Å². The number of carboxylic acid groups (broad SMARTS) is 1. The lowest BCUT2D eigenvalue weighted by atomic mass is 9.89. The third-order valence-corrected chi connectivity index (χ3v) is 1.87. The van der Waals surface area contributed by atoms with Crippen molar-refractivity contribution < 1.29 is 25.2 Å². The first-order valence-corrected chi connectivity index (χ1v) is 3.49. The minimum Gasteiger partial charge on any atom is -0.481 e. The van der Waals surface area contributed by atoms with Crippen molar-refractivity contribution in [2.24, 2.45) is 5.92 Å². The molecule has 68 valence electrons. The molecule has 0 heterocycles. The molecule has 0 aromatic heterocycles. The van der Waals surface area contributed by atoms with Crippen molar-refractivity contribution in [3.8, 4) is 0 Å². The lowest BCUT2D eigenvalue weighted by molar-refractivity contribution is -0.149. The van der Waals surface area contributed by atoms with E-state index in [1.165, 1.54) is 6.08 Å². The molecule has 4 atom stereocenters. The minimum atomic E-state index is -1.44. The second-order valence-electron chi connectivity index (χ2n) is 2.72. The van der Waals surface area contributed by atoms with Gasteiger partial charge in [0.2, 0.25) is 0 Å². The highest BCUT2D eigenvalue weighted by Gasteiger charge is 2.36. The molecule has 0 aromatic rings. The Morgan fingerprint density at radius 1 is 1.08 bits per heavy atom. The molecule has 0 radical (unpaired) electrons. The van der Waals surface area contributed by atoms with E-state index in [0.29, 0.717) is 0 Å². The Morgan fingerprint density at radius 3 is 2.17 bits per heavy atom. The Labute approximate surface area is 68.6 Å². The summed E-state index contributed by atoms with van der Waals surface area (Å²) in [5, 5.41) is 35.7. The van der Waals surface area contributed by atoms with Crippen molar-refractivity contribution in [1.82, 2.24) is 0 Å². The highest BCUT2D eigenvalue weighted by Crippen LogP contribution is 2.19. The standard InChI is InChI=1S/C7H10O5/c8-4-2-1-3(7(11)12)5(9)6(4)10/h1-6,8-10H,(H,11,12)/t3-,4-,5+,6+/m0/s1. The van der Waals surface area contributed by atoms with Crippen LogP contribution in [0.5, 0.6) is 0 Å². The van der Waals surface area contributed by atoms with Crippen LogP contribution >= 0.6 is 0 Å². The van der Waals surface area contributed by atoms with Gasteiger partial charge in [-0.25, -0.2) is 0 Å². The topological polar surface area (TPSA) is 98.0 Å². The molecule has 12 heavy (non-hydrogen) atoms. The molecule has 0 saturated carbocycles. The van der Waals surface area contributed by atoms with Crippen molar-refractivity contribution in [2.75, 3.05) is 0 Å². The fourth-order valence-corrected chi connectivity index (χ4v) is 1.10. The van der Waals surface area contributed by atoms with Gasteiger partial charge in [-0.05, 0) is 0 Å². The molecule has 0 fully saturated rings. The van der Waals surface area contributed by atoms with E-state index in [9.17, 15) is 4.79 Å². The summed E-state index contributed by atoms with van der Waals surface area (Å²) in [6.45, 7) is 0. The minimum absolute atomic E-state index is 1.14. The lowest BCUT2D eigenvalue weighted by Crippen LogP contribution is -2.46. The Bertz CT molecular complexity index is 212. The summed E-state index contributed by atoms with van der Waals surface area (Å²) in [6, 6.07) is 0. The normalized spacial score (nSPS) is 41.2. The zero-order valence-corrected chi connectivity index (χ0v) is 6.16. The number of aliphatic hydroxyl groups excluding tert-OH is 3. The summed E-state index contributed by atoms with van der Waals surface area (Å²) in [6.07, 6.45) is -1.71. The van der Waals surface area contributed by atoms with Gasteiger partial charge in [0, 0.05) is 0 Å². The first kappa shape index (κ1) is 9.18. The third-order valence-electron chi connectivity index (χ3n) is 1.87. The molecule has 4 N–H and O–H groups in total. The molecule has 0 spiro atoms. The van der Waals surface area contributed by atoms with Crippen LogP contribution in [0.4, 0.5) is 0 Å². The number of rotatable bonds is 1. The van der Waals surface area contributed by atoms with E-state index in [4.69, 9.17) is 20.4 Å². The zero-order chi connectivity index (χ0) is 9.30. The molecule has 0 aromatic carbocycles. The molecule has 0 aliphatic heterocycles. The number of carbonyl (C=O) groups is 1. The second-order valence-corrected chi connectivity index (χ2v) is 2.72. The van der Waals surface area contributed by atoms with Crippen LogP contribution in [0.25, 0.3) is 0 Å². The third kappa shape index (κ3) is 1.47. The van der Waals surface area contributed by atoms with E-state index in [1.54, 1.807) is 0 Å². The number of aliphatic hydroxyl groups is 3. The smallest absolute Gasteiger partial charge is 0.313 e. The molecule has 5 nitrogen and oxygen atoms in total. The summed E-state index contributed by atoms with van der Waals surface area (Å²) >= 11 is 0. The van der Waals surface area contributed by atoms with E-state index in [-0.39, 0.29) is 0 Å². The molecule has 0 amide bonds. The predicted octanol–water partition coefficient (Wildman–Crippen LogP) is -1.66. The Balaban J connectivity index is 2.81. The second kappa shape index (κ2) is 3.22. The van der Waals surface area contributed by atoms with E-state index < -0.39 is 30.2 Å². The van der Waals surface area contributed by atoms with Crippen LogP contribution in [0.1, 0.15) is 0 Å². The number of hydrogen-bond acceptors (Lipinski definition) is 4. The van der Waals surface area contributed by atoms with Gasteiger partial charge in [0.05, 0.1) is 6.10 Å². The maximum Gasteiger partial charge on any atom is 0.313 e. The molecule has 0 bridgehead atoms. The lowest BCUT2D eigenvalue weighted by Gasteiger charge is -2.28. The Morgan fingerprint density at radius 2 is 1.67 bits per heavy atom. The van der Waals surface area contributed by atoms with Crippen LogP contribution in [-0.4, -0.2) is 44.7 Å². The van der Waals surface area contributed by atoms with Crippen molar-refractivity contribution in [3.63, 3.8) is 0 Å². The summed E-state index contributed by atoms with van der Waals surface area (Å²) in [5.74, 6) is -2.35. The molecule has 0 saturated heterocycles. The van der Waals surface area contributed by atoms with E-state index in [1.807, 2.05) is 0 Å². The van der Waals surface area contributed by atoms with Gasteiger partial charge in [0.15, 0.2) is 0 Å². The first-order chi connectivity index (χ1) is 5.54. The van der Waals surface area contributed by atoms with Gasteiger partial charge in [-0.15, -0.1) is 0 Å². The fraction of sp³-hybridized carbons (Fsp3) is 0.571. The number of aliphatic carboxylic acids is 1. The summed E-state index contributed by atoms with van der Waals surface area (Å²) in [5.41, 5.74) is 0. The van der Waals surface area contributed by atoms with Crippen LogP contribution in [-0.2, 0) is 4.79 Å². The average molecular weight is 174 g/mol. The largest absolute Gasteiger partial charge is 0.481 e. The zero-order valence-electron chi connectivity index (χ0n) is 6.16. The van der Waals surface area contributed by atoms with Crippen LogP contribution < -0.4 is 0 Å². The molecular formula is C7H10O5. The number of hydrogen-bond donors (Lipinski definition) is 4. The van der Waals surface area contributed by atoms with Crippen LogP contribution in [0.2, 0.25) is 0 Å². The van der Waals surface area contributed by atoms with Gasteiger partial charge >= 0.3 is 5.97 Å². The Kier molecular flexibility index (Phi) is 2.46. The fourth-order valence-electron chi connectivity index (χ4n) is 1.10. The molecule has 0 unspecified atom stereocenters. The van der Waals surface area contributed by atoms with E-state index in [2.05, 4.69) is 0 Å². The van der Waals surface area contributed by atoms with Crippen molar-refractivity contribution in [3.05, 3.63) is 12.2 Å². The highest BCUT2D eigenvalue weighted by molar-refractivity contribution is 5.73. The van der Waals surface area contributed by atoms with Crippen LogP contribution in [0, 0.1) is 5.92 Å². The van der Waals surface area contributed by atoms with Crippen molar-refractivity contribution in [2.45, 2.75) is 18.3 Å². The summed E-state index contributed by atoms with van der Waals surface area (Å²) in [4.78, 5) is 10.4. The molecule has 5 heteroatoms. The first-order valence-electron chi connectivity index (χ1n) is 3.49. The average Bonchev–Trinajstić information content (AvgIpc) is 2.00. The molecule has 1 rings (SSSR count). The van der Waals surface area contributed by atoms with Gasteiger partial charge in [-0.2, -0.15) is 0 Å². The van der Waals surface area contributed by atoms with Crippen LogP contribution in [0.3, 0.4) is 0 Å². The maximum atomic E-state index is 10.4. The highest BCUT2D eigenvalue weighted by atomic mass is 16.4. The summed E-state index contributed by atoms with van der Waals surface area (Å²) < 4.78 is 0. The van der Waals surface area contributed by atoms with Crippen LogP contribution in [0.15, 0.2) is 12.2 Å². The number of carboxylic acids is 1. The molecular weight excluding hydrogens is 164 g/mol.